The standard InChI is InChI=1S/C17H17ClN2O3/c1-10-4-5-13(8-11(10)2)12(3)19-17(21)15-7-6-14(20(22)23)9-16(15)18/h4-9,12H,1-3H3,(H,19,21)/t12-/m1/s1. The summed E-state index contributed by atoms with van der Waals surface area (Å²) >= 11 is 5.98. The molecule has 0 aliphatic rings. The van der Waals surface area contributed by atoms with Crippen molar-refractivity contribution in [3.63, 3.8) is 0 Å². The Morgan fingerprint density at radius 2 is 1.87 bits per heavy atom. The summed E-state index contributed by atoms with van der Waals surface area (Å²) in [5.41, 5.74) is 3.39. The predicted octanol–water partition coefficient (Wildman–Crippen LogP) is 4.36. The second-order valence-corrected chi connectivity index (χ2v) is 5.87. The van der Waals surface area contributed by atoms with Crippen LogP contribution in [-0.4, -0.2) is 10.8 Å². The van der Waals surface area contributed by atoms with Crippen LogP contribution in [0.25, 0.3) is 0 Å². The van der Waals surface area contributed by atoms with Crippen molar-refractivity contribution in [1.82, 2.24) is 5.32 Å². The normalized spacial score (nSPS) is 11.8. The Hall–Kier alpha value is -2.40. The summed E-state index contributed by atoms with van der Waals surface area (Å²) in [5.74, 6) is -0.365. The number of hydrogen-bond acceptors (Lipinski definition) is 3. The Morgan fingerprint density at radius 3 is 2.43 bits per heavy atom. The number of aryl methyl sites for hydroxylation is 2. The highest BCUT2D eigenvalue weighted by Gasteiger charge is 2.17. The Labute approximate surface area is 139 Å². The van der Waals surface area contributed by atoms with Gasteiger partial charge in [0.25, 0.3) is 11.6 Å². The average molecular weight is 333 g/mol. The number of carbonyl (C=O) groups excluding carboxylic acids is 1. The van der Waals surface area contributed by atoms with E-state index in [1.165, 1.54) is 23.8 Å². The van der Waals surface area contributed by atoms with Crippen LogP contribution >= 0.6 is 11.6 Å². The van der Waals surface area contributed by atoms with E-state index in [9.17, 15) is 14.9 Å². The molecule has 1 atom stereocenters. The van der Waals surface area contributed by atoms with Crippen LogP contribution in [0.15, 0.2) is 36.4 Å². The number of carbonyl (C=O) groups is 1. The average Bonchev–Trinajstić information content (AvgIpc) is 2.49. The third-order valence-corrected chi connectivity index (χ3v) is 4.10. The molecule has 0 radical (unpaired) electrons. The van der Waals surface area contributed by atoms with Crippen LogP contribution in [0, 0.1) is 24.0 Å². The van der Waals surface area contributed by atoms with E-state index < -0.39 is 4.92 Å². The van der Waals surface area contributed by atoms with Crippen LogP contribution in [0.1, 0.15) is 40.0 Å². The topological polar surface area (TPSA) is 72.2 Å². The van der Waals surface area contributed by atoms with Gasteiger partial charge < -0.3 is 5.32 Å². The smallest absolute Gasteiger partial charge is 0.270 e. The van der Waals surface area contributed by atoms with Crippen LogP contribution < -0.4 is 5.32 Å². The lowest BCUT2D eigenvalue weighted by atomic mass is 10.0. The van der Waals surface area contributed by atoms with E-state index in [2.05, 4.69) is 5.32 Å². The van der Waals surface area contributed by atoms with Gasteiger partial charge in [-0.1, -0.05) is 29.8 Å². The van der Waals surface area contributed by atoms with Gasteiger partial charge in [-0.25, -0.2) is 0 Å². The van der Waals surface area contributed by atoms with Gasteiger partial charge >= 0.3 is 0 Å². The van der Waals surface area contributed by atoms with Crippen LogP contribution in [0.5, 0.6) is 0 Å². The van der Waals surface area contributed by atoms with Crippen molar-refractivity contribution in [2.45, 2.75) is 26.8 Å². The highest BCUT2D eigenvalue weighted by atomic mass is 35.5. The predicted molar refractivity (Wildman–Crippen MR) is 89.9 cm³/mol. The minimum atomic E-state index is -0.550. The van der Waals surface area contributed by atoms with Gasteiger partial charge in [0.1, 0.15) is 0 Å². The molecule has 0 saturated carbocycles. The van der Waals surface area contributed by atoms with Gasteiger partial charge in [0.2, 0.25) is 0 Å². The lowest BCUT2D eigenvalue weighted by molar-refractivity contribution is -0.384. The van der Waals surface area contributed by atoms with E-state index in [4.69, 9.17) is 11.6 Å². The maximum Gasteiger partial charge on any atom is 0.270 e. The third-order valence-electron chi connectivity index (χ3n) is 3.79. The van der Waals surface area contributed by atoms with E-state index in [1.54, 1.807) is 0 Å². The molecule has 2 aromatic carbocycles. The highest BCUT2D eigenvalue weighted by Crippen LogP contribution is 2.23. The molecule has 0 aliphatic heterocycles. The summed E-state index contributed by atoms with van der Waals surface area (Å²) in [6, 6.07) is 9.60. The first-order valence-electron chi connectivity index (χ1n) is 7.11. The second kappa shape index (κ2) is 6.79. The van der Waals surface area contributed by atoms with Gasteiger partial charge in [-0.3, -0.25) is 14.9 Å². The van der Waals surface area contributed by atoms with Crippen molar-refractivity contribution >= 4 is 23.2 Å². The van der Waals surface area contributed by atoms with Crippen molar-refractivity contribution < 1.29 is 9.72 Å². The van der Waals surface area contributed by atoms with Gasteiger partial charge in [-0.15, -0.1) is 0 Å². The molecule has 2 rings (SSSR count). The monoisotopic (exact) mass is 332 g/mol. The van der Waals surface area contributed by atoms with E-state index in [1.807, 2.05) is 39.0 Å². The molecule has 0 unspecified atom stereocenters. The molecule has 23 heavy (non-hydrogen) atoms. The second-order valence-electron chi connectivity index (χ2n) is 5.46. The zero-order valence-corrected chi connectivity index (χ0v) is 13.8. The van der Waals surface area contributed by atoms with Crippen molar-refractivity contribution in [2.24, 2.45) is 0 Å². The highest BCUT2D eigenvalue weighted by molar-refractivity contribution is 6.34. The maximum absolute atomic E-state index is 12.3. The van der Waals surface area contributed by atoms with Crippen molar-refractivity contribution in [1.29, 1.82) is 0 Å². The Balaban J connectivity index is 2.18. The van der Waals surface area contributed by atoms with E-state index in [0.717, 1.165) is 11.1 Å². The fourth-order valence-electron chi connectivity index (χ4n) is 2.19. The number of rotatable bonds is 4. The molecular weight excluding hydrogens is 316 g/mol. The van der Waals surface area contributed by atoms with Gasteiger partial charge in [0.05, 0.1) is 21.6 Å². The number of nitrogens with zero attached hydrogens (tertiary/aromatic N) is 1. The summed E-state index contributed by atoms with van der Waals surface area (Å²) in [6.07, 6.45) is 0. The molecule has 0 aliphatic carbocycles. The minimum Gasteiger partial charge on any atom is -0.345 e. The van der Waals surface area contributed by atoms with Crippen molar-refractivity contribution in [3.8, 4) is 0 Å². The van der Waals surface area contributed by atoms with Gasteiger partial charge in [0.15, 0.2) is 0 Å². The zero-order chi connectivity index (χ0) is 17.1. The number of benzene rings is 2. The molecule has 0 spiro atoms. The molecule has 0 aromatic heterocycles. The molecule has 1 amide bonds. The summed E-state index contributed by atoms with van der Waals surface area (Å²) in [4.78, 5) is 22.5. The lowest BCUT2D eigenvalue weighted by Crippen LogP contribution is -2.27. The number of nitro benzene ring substituents is 1. The van der Waals surface area contributed by atoms with E-state index in [-0.39, 0.29) is 28.2 Å². The lowest BCUT2D eigenvalue weighted by Gasteiger charge is -2.16. The zero-order valence-electron chi connectivity index (χ0n) is 13.1. The first-order chi connectivity index (χ1) is 10.8. The first kappa shape index (κ1) is 17.0. The Bertz CT molecular complexity index is 774. The van der Waals surface area contributed by atoms with Gasteiger partial charge in [-0.05, 0) is 43.5 Å². The Morgan fingerprint density at radius 1 is 1.17 bits per heavy atom. The van der Waals surface area contributed by atoms with Crippen LogP contribution in [-0.2, 0) is 0 Å². The van der Waals surface area contributed by atoms with Crippen molar-refractivity contribution in [3.05, 3.63) is 73.8 Å². The molecule has 0 heterocycles. The summed E-state index contributed by atoms with van der Waals surface area (Å²) < 4.78 is 0. The van der Waals surface area contributed by atoms with Gasteiger partial charge in [0, 0.05) is 12.1 Å². The van der Waals surface area contributed by atoms with Crippen LogP contribution in [0.3, 0.4) is 0 Å². The largest absolute Gasteiger partial charge is 0.345 e. The number of non-ortho nitro benzene ring substituents is 1. The first-order valence-corrected chi connectivity index (χ1v) is 7.49. The number of hydrogen-bond donors (Lipinski definition) is 1. The third kappa shape index (κ3) is 3.87. The summed E-state index contributed by atoms with van der Waals surface area (Å²) in [6.45, 7) is 5.92. The quantitative estimate of drug-likeness (QED) is 0.668. The number of nitro groups is 1. The molecular formula is C17H17ClN2O3. The summed E-state index contributed by atoms with van der Waals surface area (Å²) in [7, 11) is 0. The molecule has 0 bridgehead atoms. The van der Waals surface area contributed by atoms with Crippen LogP contribution in [0.2, 0.25) is 5.02 Å². The minimum absolute atomic E-state index is 0.0592. The molecule has 0 fully saturated rings. The van der Waals surface area contributed by atoms with E-state index in [0.29, 0.717) is 0 Å². The van der Waals surface area contributed by atoms with E-state index >= 15 is 0 Å². The number of nitrogens with one attached hydrogen (secondary N) is 1. The molecule has 1 N–H and O–H groups in total. The molecule has 6 heteroatoms. The fraction of sp³-hybridized carbons (Fsp3) is 0.235. The van der Waals surface area contributed by atoms with Crippen molar-refractivity contribution in [2.75, 3.05) is 0 Å². The number of halogens is 1. The van der Waals surface area contributed by atoms with Gasteiger partial charge in [-0.2, -0.15) is 0 Å². The maximum atomic E-state index is 12.3. The molecule has 2 aromatic rings. The molecule has 120 valence electrons. The Kier molecular flexibility index (Phi) is 5.01. The SMILES string of the molecule is Cc1ccc([C@@H](C)NC(=O)c2ccc([N+](=O)[O-])cc2Cl)cc1C. The number of amides is 1. The molecule has 0 saturated heterocycles. The van der Waals surface area contributed by atoms with Crippen LogP contribution in [0.4, 0.5) is 5.69 Å². The fourth-order valence-corrected chi connectivity index (χ4v) is 2.45. The molecule has 5 nitrogen and oxygen atoms in total. The summed E-state index contributed by atoms with van der Waals surface area (Å²) in [5, 5.41) is 13.6.